The zero-order valence-corrected chi connectivity index (χ0v) is 21.0. The highest BCUT2D eigenvalue weighted by Gasteiger charge is 2.20. The van der Waals surface area contributed by atoms with E-state index in [1.54, 1.807) is 0 Å². The van der Waals surface area contributed by atoms with E-state index in [9.17, 15) is 0 Å². The van der Waals surface area contributed by atoms with Gasteiger partial charge in [-0.25, -0.2) is 0 Å². The third-order valence-corrected chi connectivity index (χ3v) is 7.67. The van der Waals surface area contributed by atoms with Gasteiger partial charge >= 0.3 is 0 Å². The van der Waals surface area contributed by atoms with Crippen LogP contribution < -0.4 is 0 Å². The molecule has 0 aliphatic heterocycles. The van der Waals surface area contributed by atoms with Gasteiger partial charge in [-0.05, 0) is 54.7 Å². The molecule has 176 valence electrons. The van der Waals surface area contributed by atoms with Crippen molar-refractivity contribution < 1.29 is 0 Å². The maximum atomic E-state index is 4.75. The Kier molecular flexibility index (Phi) is 11.3. The van der Waals surface area contributed by atoms with Crippen LogP contribution in [0.15, 0.2) is 42.6 Å². The van der Waals surface area contributed by atoms with Gasteiger partial charge in [0.2, 0.25) is 0 Å². The molecule has 0 bridgehead atoms. The first kappa shape index (κ1) is 25.0. The highest BCUT2D eigenvalue weighted by molar-refractivity contribution is 5.59. The van der Waals surface area contributed by atoms with Crippen LogP contribution in [0.2, 0.25) is 0 Å². The molecule has 1 aliphatic carbocycles. The molecule has 1 heteroatoms. The Morgan fingerprint density at radius 2 is 1.25 bits per heavy atom. The molecular weight excluding hydrogens is 386 g/mol. The second kappa shape index (κ2) is 14.5. The maximum absolute atomic E-state index is 4.75. The molecule has 1 aliphatic rings. The van der Waals surface area contributed by atoms with E-state index < -0.39 is 0 Å². The van der Waals surface area contributed by atoms with E-state index in [0.717, 1.165) is 17.5 Å². The third kappa shape index (κ3) is 8.72. The Labute approximate surface area is 198 Å². The Bertz CT molecular complexity index is 722. The van der Waals surface area contributed by atoms with Crippen molar-refractivity contribution in [3.8, 4) is 11.3 Å². The van der Waals surface area contributed by atoms with Crippen LogP contribution in [-0.4, -0.2) is 4.98 Å². The average molecular weight is 434 g/mol. The molecule has 0 amide bonds. The van der Waals surface area contributed by atoms with Gasteiger partial charge in [0.15, 0.2) is 0 Å². The SMILES string of the molecule is CCCCCCCCc1ccc(-c2ccc(CC[C@H]3CC[C@H](CCCC)CC3)cc2)nc1. The van der Waals surface area contributed by atoms with Crippen LogP contribution in [0.1, 0.15) is 115 Å². The van der Waals surface area contributed by atoms with Crippen molar-refractivity contribution in [3.63, 3.8) is 0 Å². The number of rotatable bonds is 14. The number of aromatic nitrogens is 1. The molecular formula is C31H47N. The predicted molar refractivity (Wildman–Crippen MR) is 140 cm³/mol. The summed E-state index contributed by atoms with van der Waals surface area (Å²) in [6.45, 7) is 4.60. The number of aryl methyl sites for hydroxylation is 2. The van der Waals surface area contributed by atoms with Gasteiger partial charge in [-0.1, -0.05) is 121 Å². The van der Waals surface area contributed by atoms with Crippen LogP contribution in [0.5, 0.6) is 0 Å². The molecule has 0 unspecified atom stereocenters. The highest BCUT2D eigenvalue weighted by atomic mass is 14.7. The first-order valence-corrected chi connectivity index (χ1v) is 13.8. The molecule has 0 spiro atoms. The van der Waals surface area contributed by atoms with Crippen LogP contribution in [0, 0.1) is 11.8 Å². The Hall–Kier alpha value is -1.63. The summed E-state index contributed by atoms with van der Waals surface area (Å²) in [6.07, 6.45) is 24.1. The van der Waals surface area contributed by atoms with Crippen LogP contribution in [-0.2, 0) is 12.8 Å². The molecule has 1 aromatic carbocycles. The number of hydrogen-bond acceptors (Lipinski definition) is 1. The van der Waals surface area contributed by atoms with E-state index in [1.807, 2.05) is 0 Å². The second-order valence-electron chi connectivity index (χ2n) is 10.3. The smallest absolute Gasteiger partial charge is 0.0702 e. The van der Waals surface area contributed by atoms with Crippen molar-refractivity contribution in [2.24, 2.45) is 11.8 Å². The maximum Gasteiger partial charge on any atom is 0.0702 e. The highest BCUT2D eigenvalue weighted by Crippen LogP contribution is 2.34. The van der Waals surface area contributed by atoms with Crippen molar-refractivity contribution in [1.82, 2.24) is 4.98 Å². The molecule has 0 radical (unpaired) electrons. The minimum atomic E-state index is 0.952. The number of nitrogens with zero attached hydrogens (tertiary/aromatic N) is 1. The molecule has 1 heterocycles. The Balaban J connectivity index is 1.38. The monoisotopic (exact) mass is 433 g/mol. The van der Waals surface area contributed by atoms with Crippen molar-refractivity contribution >= 4 is 0 Å². The van der Waals surface area contributed by atoms with Gasteiger partial charge in [-0.15, -0.1) is 0 Å². The van der Waals surface area contributed by atoms with E-state index in [2.05, 4.69) is 56.4 Å². The largest absolute Gasteiger partial charge is 0.256 e. The quantitative estimate of drug-likeness (QED) is 0.270. The van der Waals surface area contributed by atoms with Gasteiger partial charge in [0.25, 0.3) is 0 Å². The summed E-state index contributed by atoms with van der Waals surface area (Å²) in [6, 6.07) is 13.7. The molecule has 0 saturated heterocycles. The van der Waals surface area contributed by atoms with Crippen LogP contribution >= 0.6 is 0 Å². The predicted octanol–water partition coefficient (Wildman–Crippen LogP) is 9.58. The fourth-order valence-corrected chi connectivity index (χ4v) is 5.37. The van der Waals surface area contributed by atoms with E-state index in [1.165, 1.54) is 119 Å². The van der Waals surface area contributed by atoms with Crippen LogP contribution in [0.3, 0.4) is 0 Å². The minimum Gasteiger partial charge on any atom is -0.256 e. The molecule has 32 heavy (non-hydrogen) atoms. The van der Waals surface area contributed by atoms with Crippen LogP contribution in [0.25, 0.3) is 11.3 Å². The van der Waals surface area contributed by atoms with Crippen molar-refractivity contribution in [1.29, 1.82) is 0 Å². The zero-order chi connectivity index (χ0) is 22.4. The molecule has 1 nitrogen and oxygen atoms in total. The molecule has 2 aromatic rings. The van der Waals surface area contributed by atoms with Crippen molar-refractivity contribution in [3.05, 3.63) is 53.7 Å². The van der Waals surface area contributed by atoms with E-state index in [-0.39, 0.29) is 0 Å². The lowest BCUT2D eigenvalue weighted by molar-refractivity contribution is 0.250. The first-order chi connectivity index (χ1) is 15.8. The number of unbranched alkanes of at least 4 members (excludes halogenated alkanes) is 6. The summed E-state index contributed by atoms with van der Waals surface area (Å²) >= 11 is 0. The fraction of sp³-hybridized carbons (Fsp3) is 0.645. The first-order valence-electron chi connectivity index (χ1n) is 13.8. The molecule has 1 aromatic heterocycles. The van der Waals surface area contributed by atoms with E-state index in [4.69, 9.17) is 4.98 Å². The summed E-state index contributed by atoms with van der Waals surface area (Å²) < 4.78 is 0. The summed E-state index contributed by atoms with van der Waals surface area (Å²) in [4.78, 5) is 4.75. The van der Waals surface area contributed by atoms with Gasteiger partial charge in [0, 0.05) is 11.8 Å². The topological polar surface area (TPSA) is 12.9 Å². The Morgan fingerprint density at radius 1 is 0.625 bits per heavy atom. The number of hydrogen-bond donors (Lipinski definition) is 0. The van der Waals surface area contributed by atoms with Gasteiger partial charge in [-0.3, -0.25) is 4.98 Å². The molecule has 1 fully saturated rings. The summed E-state index contributed by atoms with van der Waals surface area (Å²) in [5.41, 5.74) is 5.22. The number of benzene rings is 1. The Morgan fingerprint density at radius 3 is 1.91 bits per heavy atom. The number of pyridine rings is 1. The molecule has 1 saturated carbocycles. The van der Waals surface area contributed by atoms with Gasteiger partial charge in [-0.2, -0.15) is 0 Å². The van der Waals surface area contributed by atoms with E-state index >= 15 is 0 Å². The summed E-state index contributed by atoms with van der Waals surface area (Å²) in [5, 5.41) is 0. The normalized spacial score (nSPS) is 18.7. The van der Waals surface area contributed by atoms with Gasteiger partial charge < -0.3 is 0 Å². The molecule has 0 N–H and O–H groups in total. The minimum absolute atomic E-state index is 0.952. The zero-order valence-electron chi connectivity index (χ0n) is 21.0. The summed E-state index contributed by atoms with van der Waals surface area (Å²) in [7, 11) is 0. The standard InChI is InChI=1S/C31H47N/c1-3-5-7-8-9-10-12-29-21-24-31(32-25-29)30-22-19-28(20-23-30)18-17-27-15-13-26(14-16-27)11-6-4-2/h19-27H,3-18H2,1-2H3/t26-,27-. The summed E-state index contributed by atoms with van der Waals surface area (Å²) in [5.74, 6) is 1.98. The molecule has 0 atom stereocenters. The van der Waals surface area contributed by atoms with Crippen molar-refractivity contribution in [2.45, 2.75) is 117 Å². The third-order valence-electron chi connectivity index (χ3n) is 7.67. The van der Waals surface area contributed by atoms with E-state index in [0.29, 0.717) is 0 Å². The lowest BCUT2D eigenvalue weighted by Crippen LogP contribution is -2.15. The van der Waals surface area contributed by atoms with Gasteiger partial charge in [0.05, 0.1) is 5.69 Å². The lowest BCUT2D eigenvalue weighted by Gasteiger charge is -2.28. The lowest BCUT2D eigenvalue weighted by atomic mass is 9.78. The molecule has 3 rings (SSSR count). The van der Waals surface area contributed by atoms with Crippen molar-refractivity contribution in [2.75, 3.05) is 0 Å². The fourth-order valence-electron chi connectivity index (χ4n) is 5.37. The average Bonchev–Trinajstić information content (AvgIpc) is 2.85. The second-order valence-corrected chi connectivity index (χ2v) is 10.3. The van der Waals surface area contributed by atoms with Crippen LogP contribution in [0.4, 0.5) is 0 Å². The van der Waals surface area contributed by atoms with Gasteiger partial charge in [0.1, 0.15) is 0 Å².